The Hall–Kier alpha value is -2.20. The van der Waals surface area contributed by atoms with Crippen molar-refractivity contribution in [2.24, 2.45) is 5.73 Å². The van der Waals surface area contributed by atoms with Crippen molar-refractivity contribution in [1.82, 2.24) is 0 Å². The molecule has 2 rings (SSSR count). The van der Waals surface area contributed by atoms with E-state index in [0.717, 1.165) is 16.7 Å². The third kappa shape index (κ3) is 4.67. The molecule has 0 radical (unpaired) electrons. The normalized spacial score (nSPS) is 12.0. The molecule has 0 spiro atoms. The summed E-state index contributed by atoms with van der Waals surface area (Å²) in [5, 5.41) is 0. The molecule has 0 unspecified atom stereocenters. The smallest absolute Gasteiger partial charge is 0.307 e. The van der Waals surface area contributed by atoms with Gasteiger partial charge < -0.3 is 10.5 Å². The van der Waals surface area contributed by atoms with Crippen LogP contribution in [0.3, 0.4) is 0 Å². The second-order valence-electron chi connectivity index (χ2n) is 5.18. The second kappa shape index (κ2) is 7.71. The Morgan fingerprint density at radius 2 is 1.91 bits per heavy atom. The van der Waals surface area contributed by atoms with Gasteiger partial charge in [0.05, 0.1) is 13.0 Å². The molecule has 1 atom stereocenters. The fourth-order valence-corrected chi connectivity index (χ4v) is 2.31. The van der Waals surface area contributed by atoms with Gasteiger partial charge in [0.25, 0.3) is 0 Å². The fraction of sp³-hybridized carbons (Fsp3) is 0.278. The summed E-state index contributed by atoms with van der Waals surface area (Å²) in [6, 6.07) is 14.0. The average molecular weight is 301 g/mol. The number of hydrogen-bond acceptors (Lipinski definition) is 3. The van der Waals surface area contributed by atoms with E-state index in [0.29, 0.717) is 13.0 Å². The van der Waals surface area contributed by atoms with Crippen LogP contribution in [0.15, 0.2) is 48.5 Å². The van der Waals surface area contributed by atoms with E-state index in [1.165, 1.54) is 12.1 Å². The first-order valence-corrected chi connectivity index (χ1v) is 7.34. The van der Waals surface area contributed by atoms with Gasteiger partial charge in [0.2, 0.25) is 0 Å². The molecular weight excluding hydrogens is 281 g/mol. The molecule has 0 bridgehead atoms. The highest BCUT2D eigenvalue weighted by Gasteiger charge is 2.11. The maximum Gasteiger partial charge on any atom is 0.307 e. The van der Waals surface area contributed by atoms with E-state index in [4.69, 9.17) is 10.5 Å². The van der Waals surface area contributed by atoms with Gasteiger partial charge in [-0.15, -0.1) is 0 Å². The zero-order chi connectivity index (χ0) is 15.9. The van der Waals surface area contributed by atoms with Crippen LogP contribution in [-0.4, -0.2) is 18.6 Å². The number of rotatable bonds is 6. The van der Waals surface area contributed by atoms with E-state index < -0.39 is 0 Å². The van der Waals surface area contributed by atoms with Crippen LogP contribution in [0.25, 0.3) is 11.1 Å². The average Bonchev–Trinajstić information content (AvgIpc) is 2.48. The Balaban J connectivity index is 1.98. The predicted octanol–water partition coefficient (Wildman–Crippen LogP) is 3.32. The van der Waals surface area contributed by atoms with Gasteiger partial charge in [0.15, 0.2) is 0 Å². The zero-order valence-electron chi connectivity index (χ0n) is 12.6. The van der Waals surface area contributed by atoms with E-state index in [9.17, 15) is 9.18 Å². The van der Waals surface area contributed by atoms with Crippen molar-refractivity contribution in [3.8, 4) is 11.1 Å². The summed E-state index contributed by atoms with van der Waals surface area (Å²) >= 11 is 0. The topological polar surface area (TPSA) is 52.3 Å². The molecule has 0 aromatic heterocycles. The highest BCUT2D eigenvalue weighted by Crippen LogP contribution is 2.21. The third-order valence-electron chi connectivity index (χ3n) is 3.34. The SMILES string of the molecule is CCOC(=O)C[C@H](N)Cc1ccc(-c2cccc(F)c2)cc1. The lowest BCUT2D eigenvalue weighted by atomic mass is 10.00. The summed E-state index contributed by atoms with van der Waals surface area (Å²) in [6.45, 7) is 2.14. The van der Waals surface area contributed by atoms with Crippen LogP contribution in [0, 0.1) is 5.82 Å². The number of benzene rings is 2. The van der Waals surface area contributed by atoms with Gasteiger partial charge in [-0.1, -0.05) is 36.4 Å². The molecule has 4 heteroatoms. The van der Waals surface area contributed by atoms with Crippen LogP contribution in [0.4, 0.5) is 4.39 Å². The minimum absolute atomic E-state index is 0.208. The van der Waals surface area contributed by atoms with Crippen LogP contribution in [0.2, 0.25) is 0 Å². The van der Waals surface area contributed by atoms with Crippen molar-refractivity contribution in [2.75, 3.05) is 6.61 Å². The number of halogens is 1. The molecule has 0 fully saturated rings. The van der Waals surface area contributed by atoms with E-state index in [2.05, 4.69) is 0 Å². The van der Waals surface area contributed by atoms with Crippen molar-refractivity contribution in [3.63, 3.8) is 0 Å². The first kappa shape index (κ1) is 16.2. The molecule has 116 valence electrons. The second-order valence-corrected chi connectivity index (χ2v) is 5.18. The molecule has 2 aromatic rings. The number of carbonyl (C=O) groups excluding carboxylic acids is 1. The number of hydrogen-bond donors (Lipinski definition) is 1. The maximum absolute atomic E-state index is 13.2. The zero-order valence-corrected chi connectivity index (χ0v) is 12.6. The number of ether oxygens (including phenoxy) is 1. The summed E-state index contributed by atoms with van der Waals surface area (Å²) in [6.07, 6.45) is 0.807. The Morgan fingerprint density at radius 3 is 2.55 bits per heavy atom. The fourth-order valence-electron chi connectivity index (χ4n) is 2.31. The van der Waals surface area contributed by atoms with Crippen LogP contribution < -0.4 is 5.73 Å². The van der Waals surface area contributed by atoms with Crippen molar-refractivity contribution in [2.45, 2.75) is 25.8 Å². The molecule has 0 aliphatic rings. The van der Waals surface area contributed by atoms with Gasteiger partial charge in [-0.05, 0) is 42.2 Å². The number of nitrogens with two attached hydrogens (primary N) is 1. The molecule has 2 aromatic carbocycles. The minimum Gasteiger partial charge on any atom is -0.466 e. The lowest BCUT2D eigenvalue weighted by Gasteiger charge is -2.11. The van der Waals surface area contributed by atoms with E-state index in [1.807, 2.05) is 30.3 Å². The van der Waals surface area contributed by atoms with Crippen LogP contribution in [0.5, 0.6) is 0 Å². The third-order valence-corrected chi connectivity index (χ3v) is 3.34. The molecule has 0 aliphatic carbocycles. The highest BCUT2D eigenvalue weighted by atomic mass is 19.1. The molecule has 0 aliphatic heterocycles. The Kier molecular flexibility index (Phi) is 5.67. The van der Waals surface area contributed by atoms with Gasteiger partial charge in [-0.3, -0.25) is 4.79 Å². The summed E-state index contributed by atoms with van der Waals surface area (Å²) in [5.74, 6) is -0.524. The van der Waals surface area contributed by atoms with Crippen molar-refractivity contribution >= 4 is 5.97 Å². The van der Waals surface area contributed by atoms with Crippen molar-refractivity contribution in [3.05, 3.63) is 59.9 Å². The first-order valence-electron chi connectivity index (χ1n) is 7.34. The van der Waals surface area contributed by atoms with Crippen LogP contribution in [-0.2, 0) is 16.0 Å². The number of esters is 1. The summed E-state index contributed by atoms with van der Waals surface area (Å²) < 4.78 is 18.1. The largest absolute Gasteiger partial charge is 0.466 e. The predicted molar refractivity (Wildman–Crippen MR) is 84.8 cm³/mol. The van der Waals surface area contributed by atoms with E-state index >= 15 is 0 Å². The molecule has 0 heterocycles. The lowest BCUT2D eigenvalue weighted by molar-refractivity contribution is -0.143. The molecule has 0 saturated carbocycles. The molecule has 2 N–H and O–H groups in total. The maximum atomic E-state index is 13.2. The summed E-state index contributed by atoms with van der Waals surface area (Å²) in [4.78, 5) is 11.4. The number of carbonyl (C=O) groups is 1. The standard InChI is InChI=1S/C18H20FNO2/c1-2-22-18(21)12-17(20)10-13-6-8-14(9-7-13)15-4-3-5-16(19)11-15/h3-9,11,17H,2,10,12,20H2,1H3/t17-/m1/s1. The van der Waals surface area contributed by atoms with Gasteiger partial charge >= 0.3 is 5.97 Å². The van der Waals surface area contributed by atoms with Gasteiger partial charge in [0, 0.05) is 6.04 Å². The van der Waals surface area contributed by atoms with Gasteiger partial charge in [-0.25, -0.2) is 4.39 Å². The molecule has 0 amide bonds. The lowest BCUT2D eigenvalue weighted by Crippen LogP contribution is -2.27. The van der Waals surface area contributed by atoms with Crippen LogP contribution in [0.1, 0.15) is 18.9 Å². The van der Waals surface area contributed by atoms with Crippen LogP contribution >= 0.6 is 0 Å². The van der Waals surface area contributed by atoms with E-state index in [-0.39, 0.29) is 24.2 Å². The summed E-state index contributed by atoms with van der Waals surface area (Å²) in [5.41, 5.74) is 8.78. The molecular formula is C18H20FNO2. The molecule has 3 nitrogen and oxygen atoms in total. The van der Waals surface area contributed by atoms with Crippen molar-refractivity contribution < 1.29 is 13.9 Å². The minimum atomic E-state index is -0.272. The van der Waals surface area contributed by atoms with Crippen molar-refractivity contribution in [1.29, 1.82) is 0 Å². The Morgan fingerprint density at radius 1 is 1.18 bits per heavy atom. The quantitative estimate of drug-likeness (QED) is 0.833. The monoisotopic (exact) mass is 301 g/mol. The summed E-state index contributed by atoms with van der Waals surface area (Å²) in [7, 11) is 0. The molecule has 0 saturated heterocycles. The first-order chi connectivity index (χ1) is 10.6. The van der Waals surface area contributed by atoms with Gasteiger partial charge in [-0.2, -0.15) is 0 Å². The van der Waals surface area contributed by atoms with Gasteiger partial charge in [0.1, 0.15) is 5.82 Å². The molecule has 22 heavy (non-hydrogen) atoms. The van der Waals surface area contributed by atoms with E-state index in [1.54, 1.807) is 13.0 Å². The highest BCUT2D eigenvalue weighted by molar-refractivity contribution is 5.70. The Labute approximate surface area is 129 Å². The Bertz CT molecular complexity index is 625.